The van der Waals surface area contributed by atoms with E-state index in [-0.39, 0.29) is 11.0 Å². The first-order chi connectivity index (χ1) is 6.88. The van der Waals surface area contributed by atoms with Crippen molar-refractivity contribution in [2.45, 2.75) is 45.2 Å². The Morgan fingerprint density at radius 2 is 2.07 bits per heavy atom. The maximum Gasteiger partial charge on any atom is 0.159 e. The molecular formula is C10H18N2O2S. The lowest BCUT2D eigenvalue weighted by atomic mass is 10.5. The van der Waals surface area contributed by atoms with Gasteiger partial charge in [-0.3, -0.25) is 0 Å². The molecule has 1 aromatic heterocycles. The first-order valence-corrected chi connectivity index (χ1v) is 6.82. The van der Waals surface area contributed by atoms with Gasteiger partial charge in [0.15, 0.2) is 9.84 Å². The molecule has 4 nitrogen and oxygen atoms in total. The number of rotatable bonds is 4. The van der Waals surface area contributed by atoms with Gasteiger partial charge in [-0.15, -0.1) is 0 Å². The molecule has 1 aromatic rings. The average Bonchev–Trinajstić information content (AvgIpc) is 2.45. The highest BCUT2D eigenvalue weighted by atomic mass is 32.2. The van der Waals surface area contributed by atoms with Gasteiger partial charge in [0.25, 0.3) is 0 Å². The SMILES string of the molecule is CCn1c(C)cnc1CS(=O)(=O)C(C)C. The Kier molecular flexibility index (Phi) is 3.54. The fraction of sp³-hybridized carbons (Fsp3) is 0.700. The minimum atomic E-state index is -3.05. The molecule has 86 valence electrons. The molecule has 0 saturated heterocycles. The van der Waals surface area contributed by atoms with Gasteiger partial charge >= 0.3 is 0 Å². The molecule has 0 saturated carbocycles. The maximum absolute atomic E-state index is 11.7. The summed E-state index contributed by atoms with van der Waals surface area (Å²) in [5, 5.41) is -0.347. The number of aryl methyl sites for hydroxylation is 1. The van der Waals surface area contributed by atoms with E-state index in [9.17, 15) is 8.42 Å². The molecule has 0 amide bonds. The lowest BCUT2D eigenvalue weighted by Crippen LogP contribution is -2.18. The monoisotopic (exact) mass is 230 g/mol. The standard InChI is InChI=1S/C10H18N2O2S/c1-5-12-9(4)6-11-10(12)7-15(13,14)8(2)3/h6,8H,5,7H2,1-4H3. The lowest BCUT2D eigenvalue weighted by Gasteiger charge is -2.09. The van der Waals surface area contributed by atoms with E-state index in [4.69, 9.17) is 0 Å². The largest absolute Gasteiger partial charge is 0.332 e. The number of hydrogen-bond donors (Lipinski definition) is 0. The first-order valence-electron chi connectivity index (χ1n) is 5.11. The fourth-order valence-corrected chi connectivity index (χ4v) is 2.33. The summed E-state index contributed by atoms with van der Waals surface area (Å²) in [6, 6.07) is 0. The highest BCUT2D eigenvalue weighted by molar-refractivity contribution is 7.91. The average molecular weight is 230 g/mol. The quantitative estimate of drug-likeness (QED) is 0.788. The first kappa shape index (κ1) is 12.2. The maximum atomic E-state index is 11.7. The van der Waals surface area contributed by atoms with Crippen molar-refractivity contribution in [2.75, 3.05) is 0 Å². The van der Waals surface area contributed by atoms with Crippen LogP contribution in [0.4, 0.5) is 0 Å². The van der Waals surface area contributed by atoms with Gasteiger partial charge in [0.05, 0.1) is 5.25 Å². The van der Waals surface area contributed by atoms with Crippen molar-refractivity contribution in [3.63, 3.8) is 0 Å². The summed E-state index contributed by atoms with van der Waals surface area (Å²) in [6.45, 7) is 8.07. The molecule has 0 fully saturated rings. The number of nitrogens with zero attached hydrogens (tertiary/aromatic N) is 2. The second-order valence-corrected chi connectivity index (χ2v) is 6.47. The molecule has 0 spiro atoms. The van der Waals surface area contributed by atoms with E-state index in [1.54, 1.807) is 20.0 Å². The summed E-state index contributed by atoms with van der Waals surface area (Å²) in [6.07, 6.45) is 1.72. The molecule has 1 rings (SSSR count). The Labute approximate surface area is 91.3 Å². The zero-order valence-corrected chi connectivity index (χ0v) is 10.5. The molecule has 0 aliphatic rings. The van der Waals surface area contributed by atoms with E-state index in [1.807, 2.05) is 18.4 Å². The number of sulfone groups is 1. The van der Waals surface area contributed by atoms with Crippen molar-refractivity contribution in [2.24, 2.45) is 0 Å². The minimum absolute atomic E-state index is 0.0341. The van der Waals surface area contributed by atoms with Crippen molar-refractivity contribution in [3.8, 4) is 0 Å². The summed E-state index contributed by atoms with van der Waals surface area (Å²) >= 11 is 0. The lowest BCUT2D eigenvalue weighted by molar-refractivity contribution is 0.581. The van der Waals surface area contributed by atoms with Gasteiger partial charge in [-0.05, 0) is 27.7 Å². The van der Waals surface area contributed by atoms with Crippen LogP contribution in [0.5, 0.6) is 0 Å². The van der Waals surface area contributed by atoms with Gasteiger partial charge in [0.1, 0.15) is 11.6 Å². The molecule has 0 aromatic carbocycles. The molecular weight excluding hydrogens is 212 g/mol. The zero-order chi connectivity index (χ0) is 11.6. The van der Waals surface area contributed by atoms with Crippen molar-refractivity contribution in [1.82, 2.24) is 9.55 Å². The van der Waals surface area contributed by atoms with E-state index in [0.717, 1.165) is 12.2 Å². The van der Waals surface area contributed by atoms with Crippen LogP contribution in [0.2, 0.25) is 0 Å². The molecule has 15 heavy (non-hydrogen) atoms. The van der Waals surface area contributed by atoms with Crippen LogP contribution in [0, 0.1) is 6.92 Å². The smallest absolute Gasteiger partial charge is 0.159 e. The third-order valence-electron chi connectivity index (χ3n) is 2.50. The summed E-state index contributed by atoms with van der Waals surface area (Å²) in [4.78, 5) is 4.14. The minimum Gasteiger partial charge on any atom is -0.332 e. The highest BCUT2D eigenvalue weighted by Gasteiger charge is 2.20. The molecule has 1 heterocycles. The highest BCUT2D eigenvalue weighted by Crippen LogP contribution is 2.11. The fourth-order valence-electron chi connectivity index (χ4n) is 1.40. The Hall–Kier alpha value is -0.840. The van der Waals surface area contributed by atoms with Gasteiger partial charge in [0.2, 0.25) is 0 Å². The Morgan fingerprint density at radius 1 is 1.47 bits per heavy atom. The van der Waals surface area contributed by atoms with Crippen molar-refractivity contribution < 1.29 is 8.42 Å². The van der Waals surface area contributed by atoms with Crippen LogP contribution in [0.25, 0.3) is 0 Å². The third kappa shape index (κ3) is 2.59. The summed E-state index contributed by atoms with van der Waals surface area (Å²) in [7, 11) is -3.05. The molecule has 5 heteroatoms. The Morgan fingerprint density at radius 3 is 2.53 bits per heavy atom. The predicted octanol–water partition coefficient (Wildman–Crippen LogP) is 1.53. The summed E-state index contributed by atoms with van der Waals surface area (Å²) < 4.78 is 25.4. The molecule has 0 unspecified atom stereocenters. The van der Waals surface area contributed by atoms with Gasteiger partial charge in [-0.2, -0.15) is 0 Å². The second-order valence-electron chi connectivity index (χ2n) is 3.92. The van der Waals surface area contributed by atoms with Gasteiger partial charge in [0, 0.05) is 18.4 Å². The van der Waals surface area contributed by atoms with Crippen LogP contribution >= 0.6 is 0 Å². The molecule has 0 aliphatic carbocycles. The van der Waals surface area contributed by atoms with E-state index in [1.165, 1.54) is 0 Å². The molecule has 0 N–H and O–H groups in total. The third-order valence-corrected chi connectivity index (χ3v) is 4.60. The van der Waals surface area contributed by atoms with E-state index < -0.39 is 9.84 Å². The molecule has 0 bridgehead atoms. The van der Waals surface area contributed by atoms with E-state index >= 15 is 0 Å². The van der Waals surface area contributed by atoms with Crippen molar-refractivity contribution >= 4 is 9.84 Å². The van der Waals surface area contributed by atoms with Crippen LogP contribution in [0.1, 0.15) is 32.3 Å². The zero-order valence-electron chi connectivity index (χ0n) is 9.69. The second kappa shape index (κ2) is 4.35. The molecule has 0 radical (unpaired) electrons. The Bertz CT molecular complexity index is 432. The van der Waals surface area contributed by atoms with E-state index in [2.05, 4.69) is 4.98 Å². The van der Waals surface area contributed by atoms with Crippen LogP contribution < -0.4 is 0 Å². The van der Waals surface area contributed by atoms with Gasteiger partial charge < -0.3 is 4.57 Å². The van der Waals surface area contributed by atoms with E-state index in [0.29, 0.717) is 5.82 Å². The summed E-state index contributed by atoms with van der Waals surface area (Å²) in [5.41, 5.74) is 1.01. The van der Waals surface area contributed by atoms with Crippen LogP contribution in [0.15, 0.2) is 6.20 Å². The molecule has 0 aliphatic heterocycles. The van der Waals surface area contributed by atoms with Gasteiger partial charge in [-0.1, -0.05) is 0 Å². The Balaban J connectivity index is 3.00. The van der Waals surface area contributed by atoms with Crippen LogP contribution in [-0.2, 0) is 22.1 Å². The number of hydrogen-bond acceptors (Lipinski definition) is 3. The van der Waals surface area contributed by atoms with Crippen molar-refractivity contribution in [1.29, 1.82) is 0 Å². The number of imidazole rings is 1. The predicted molar refractivity (Wildman–Crippen MR) is 60.4 cm³/mol. The topological polar surface area (TPSA) is 52.0 Å². The number of aromatic nitrogens is 2. The normalized spacial score (nSPS) is 12.3. The van der Waals surface area contributed by atoms with Crippen LogP contribution in [-0.4, -0.2) is 23.2 Å². The summed E-state index contributed by atoms with van der Waals surface area (Å²) in [5.74, 6) is 0.676. The van der Waals surface area contributed by atoms with Crippen LogP contribution in [0.3, 0.4) is 0 Å². The van der Waals surface area contributed by atoms with Crippen molar-refractivity contribution in [3.05, 3.63) is 17.7 Å². The molecule has 0 atom stereocenters. The van der Waals surface area contributed by atoms with Gasteiger partial charge in [-0.25, -0.2) is 13.4 Å².